The Balaban J connectivity index is 1.81. The lowest BCUT2D eigenvalue weighted by atomic mass is 9.82. The summed E-state index contributed by atoms with van der Waals surface area (Å²) in [5, 5.41) is 3.35. The predicted molar refractivity (Wildman–Crippen MR) is 77.4 cm³/mol. The van der Waals surface area contributed by atoms with Gasteiger partial charge in [-0.25, -0.2) is 4.98 Å². The van der Waals surface area contributed by atoms with E-state index < -0.39 is 0 Å². The molecule has 0 aliphatic heterocycles. The molecular weight excluding hydrogens is 238 g/mol. The van der Waals surface area contributed by atoms with Crippen LogP contribution in [0.2, 0.25) is 0 Å². The molecule has 106 valence electrons. The fourth-order valence-electron chi connectivity index (χ4n) is 2.70. The molecule has 1 saturated carbocycles. The molecule has 0 amide bonds. The maximum Gasteiger partial charge on any atom is 0.225 e. The molecule has 1 aromatic rings. The van der Waals surface area contributed by atoms with Gasteiger partial charge in [0.05, 0.1) is 6.61 Å². The van der Waals surface area contributed by atoms with Crippen molar-refractivity contribution in [1.29, 1.82) is 0 Å². The van der Waals surface area contributed by atoms with Crippen molar-refractivity contribution in [3.63, 3.8) is 0 Å². The standard InChI is InChI=1S/C15H25N3O/c1-3-9-19-14-7-8-16-15(18-14)17-11-13-6-4-5-12(2)10-13/h7-8,12-13H,3-6,9-11H2,1-2H3,(H,16,17,18). The first-order chi connectivity index (χ1) is 9.28. The molecule has 0 bridgehead atoms. The van der Waals surface area contributed by atoms with Crippen LogP contribution in [0.3, 0.4) is 0 Å². The van der Waals surface area contributed by atoms with E-state index in [9.17, 15) is 0 Å². The maximum absolute atomic E-state index is 5.51. The Labute approximate surface area is 116 Å². The molecule has 4 nitrogen and oxygen atoms in total. The van der Waals surface area contributed by atoms with Crippen LogP contribution in [-0.4, -0.2) is 23.1 Å². The van der Waals surface area contributed by atoms with Gasteiger partial charge in [-0.3, -0.25) is 0 Å². The van der Waals surface area contributed by atoms with Gasteiger partial charge in [0, 0.05) is 18.8 Å². The number of anilines is 1. The predicted octanol–water partition coefficient (Wildman–Crippen LogP) is 3.50. The molecule has 0 spiro atoms. The Bertz CT molecular complexity index is 383. The van der Waals surface area contributed by atoms with E-state index in [-0.39, 0.29) is 0 Å². The van der Waals surface area contributed by atoms with E-state index in [1.54, 1.807) is 6.20 Å². The first-order valence-electron chi connectivity index (χ1n) is 7.47. The van der Waals surface area contributed by atoms with Crippen molar-refractivity contribution in [2.45, 2.75) is 46.0 Å². The molecule has 19 heavy (non-hydrogen) atoms. The van der Waals surface area contributed by atoms with Crippen LogP contribution in [-0.2, 0) is 0 Å². The Morgan fingerprint density at radius 3 is 3.11 bits per heavy atom. The number of nitrogens with one attached hydrogen (secondary N) is 1. The number of nitrogens with zero attached hydrogens (tertiary/aromatic N) is 2. The fraction of sp³-hybridized carbons (Fsp3) is 0.733. The van der Waals surface area contributed by atoms with E-state index >= 15 is 0 Å². The molecule has 0 aromatic carbocycles. The summed E-state index contributed by atoms with van der Waals surface area (Å²) >= 11 is 0. The molecule has 4 heteroatoms. The maximum atomic E-state index is 5.51. The van der Waals surface area contributed by atoms with Crippen molar-refractivity contribution in [1.82, 2.24) is 9.97 Å². The Kier molecular flexibility index (Phi) is 5.43. The summed E-state index contributed by atoms with van der Waals surface area (Å²) in [5.41, 5.74) is 0. The van der Waals surface area contributed by atoms with Gasteiger partial charge >= 0.3 is 0 Å². The van der Waals surface area contributed by atoms with Crippen LogP contribution in [0.5, 0.6) is 5.88 Å². The lowest BCUT2D eigenvalue weighted by Gasteiger charge is -2.26. The van der Waals surface area contributed by atoms with Gasteiger partial charge in [0.1, 0.15) is 0 Å². The first-order valence-corrected chi connectivity index (χ1v) is 7.47. The van der Waals surface area contributed by atoms with E-state index in [0.717, 1.165) is 24.8 Å². The van der Waals surface area contributed by atoms with Crippen LogP contribution < -0.4 is 10.1 Å². The number of hydrogen-bond acceptors (Lipinski definition) is 4. The molecule has 1 aliphatic rings. The van der Waals surface area contributed by atoms with Crippen molar-refractivity contribution in [2.75, 3.05) is 18.5 Å². The molecule has 1 N–H and O–H groups in total. The van der Waals surface area contributed by atoms with Crippen molar-refractivity contribution >= 4 is 5.95 Å². The third-order valence-electron chi connectivity index (χ3n) is 3.68. The van der Waals surface area contributed by atoms with Gasteiger partial charge in [-0.05, 0) is 31.1 Å². The van der Waals surface area contributed by atoms with Crippen LogP contribution in [0.15, 0.2) is 12.3 Å². The molecule has 0 saturated heterocycles. The highest BCUT2D eigenvalue weighted by molar-refractivity contribution is 5.27. The smallest absolute Gasteiger partial charge is 0.225 e. The highest BCUT2D eigenvalue weighted by atomic mass is 16.5. The topological polar surface area (TPSA) is 47.0 Å². The highest BCUT2D eigenvalue weighted by Gasteiger charge is 2.18. The average Bonchev–Trinajstić information content (AvgIpc) is 2.43. The normalized spacial score (nSPS) is 23.1. The number of ether oxygens (including phenoxy) is 1. The number of hydrogen-bond donors (Lipinski definition) is 1. The van der Waals surface area contributed by atoms with Crippen LogP contribution in [0.1, 0.15) is 46.0 Å². The Morgan fingerprint density at radius 1 is 1.42 bits per heavy atom. The molecule has 1 heterocycles. The van der Waals surface area contributed by atoms with Crippen LogP contribution in [0.25, 0.3) is 0 Å². The minimum absolute atomic E-state index is 0.663. The third-order valence-corrected chi connectivity index (χ3v) is 3.68. The lowest BCUT2D eigenvalue weighted by Crippen LogP contribution is -2.21. The van der Waals surface area contributed by atoms with Crippen molar-refractivity contribution in [2.24, 2.45) is 11.8 Å². The average molecular weight is 263 g/mol. The summed E-state index contributed by atoms with van der Waals surface area (Å²) in [5.74, 6) is 2.97. The summed E-state index contributed by atoms with van der Waals surface area (Å²) in [6, 6.07) is 1.81. The summed E-state index contributed by atoms with van der Waals surface area (Å²) in [4.78, 5) is 8.62. The van der Waals surface area contributed by atoms with Gasteiger partial charge in [0.2, 0.25) is 11.8 Å². The molecule has 2 atom stereocenters. The van der Waals surface area contributed by atoms with E-state index in [1.807, 2.05) is 6.07 Å². The van der Waals surface area contributed by atoms with E-state index in [2.05, 4.69) is 29.1 Å². The largest absolute Gasteiger partial charge is 0.478 e. The molecule has 1 fully saturated rings. The number of rotatable bonds is 6. The molecule has 0 radical (unpaired) electrons. The molecule has 2 rings (SSSR count). The summed E-state index contributed by atoms with van der Waals surface area (Å²) in [6.07, 6.45) is 8.13. The summed E-state index contributed by atoms with van der Waals surface area (Å²) < 4.78 is 5.51. The summed E-state index contributed by atoms with van der Waals surface area (Å²) in [7, 11) is 0. The van der Waals surface area contributed by atoms with Crippen LogP contribution in [0.4, 0.5) is 5.95 Å². The number of aromatic nitrogens is 2. The monoisotopic (exact) mass is 263 g/mol. The van der Waals surface area contributed by atoms with Crippen molar-refractivity contribution in [3.8, 4) is 5.88 Å². The second-order valence-electron chi connectivity index (χ2n) is 5.59. The second-order valence-corrected chi connectivity index (χ2v) is 5.59. The summed E-state index contributed by atoms with van der Waals surface area (Å²) in [6.45, 7) is 6.12. The molecule has 1 aliphatic carbocycles. The van der Waals surface area contributed by atoms with Crippen molar-refractivity contribution < 1.29 is 4.74 Å². The van der Waals surface area contributed by atoms with Gasteiger partial charge < -0.3 is 10.1 Å². The van der Waals surface area contributed by atoms with Gasteiger partial charge in [0.25, 0.3) is 0 Å². The Morgan fingerprint density at radius 2 is 2.32 bits per heavy atom. The molecular formula is C15H25N3O. The van der Waals surface area contributed by atoms with Gasteiger partial charge in [0.15, 0.2) is 0 Å². The fourth-order valence-corrected chi connectivity index (χ4v) is 2.70. The molecule has 1 aromatic heterocycles. The zero-order chi connectivity index (χ0) is 13.5. The first kappa shape index (κ1) is 14.1. The van der Waals surface area contributed by atoms with Gasteiger partial charge in [-0.1, -0.05) is 26.7 Å². The van der Waals surface area contributed by atoms with Crippen molar-refractivity contribution in [3.05, 3.63) is 12.3 Å². The zero-order valence-electron chi connectivity index (χ0n) is 12.1. The minimum Gasteiger partial charge on any atom is -0.478 e. The minimum atomic E-state index is 0.663. The van der Waals surface area contributed by atoms with Gasteiger partial charge in [-0.15, -0.1) is 0 Å². The Hall–Kier alpha value is -1.32. The SMILES string of the molecule is CCCOc1ccnc(NCC2CCCC(C)C2)n1. The second kappa shape index (κ2) is 7.31. The van der Waals surface area contributed by atoms with E-state index in [1.165, 1.54) is 25.7 Å². The highest BCUT2D eigenvalue weighted by Crippen LogP contribution is 2.28. The van der Waals surface area contributed by atoms with Crippen LogP contribution in [0, 0.1) is 11.8 Å². The molecule has 2 unspecified atom stereocenters. The zero-order valence-corrected chi connectivity index (χ0v) is 12.1. The van der Waals surface area contributed by atoms with E-state index in [0.29, 0.717) is 18.4 Å². The van der Waals surface area contributed by atoms with E-state index in [4.69, 9.17) is 4.74 Å². The van der Waals surface area contributed by atoms with Crippen LogP contribution >= 0.6 is 0 Å². The third kappa shape index (κ3) is 4.69. The lowest BCUT2D eigenvalue weighted by molar-refractivity contribution is 0.292. The van der Waals surface area contributed by atoms with Gasteiger partial charge in [-0.2, -0.15) is 4.98 Å². The quantitative estimate of drug-likeness (QED) is 0.853.